The highest BCUT2D eigenvalue weighted by Crippen LogP contribution is 2.14. The van der Waals surface area contributed by atoms with E-state index >= 15 is 0 Å². The molecule has 1 atom stereocenters. The maximum atomic E-state index is 10.7. The molecule has 0 saturated carbocycles. The Labute approximate surface area is 93.3 Å². The van der Waals surface area contributed by atoms with Gasteiger partial charge in [0.25, 0.3) is 0 Å². The normalized spacial score (nSPS) is 11.2. The van der Waals surface area contributed by atoms with Crippen LogP contribution in [0, 0.1) is 0 Å². The summed E-state index contributed by atoms with van der Waals surface area (Å²) in [5, 5.41) is 2.55. The molecule has 0 heterocycles. The first-order chi connectivity index (χ1) is 7.14. The van der Waals surface area contributed by atoms with E-state index in [4.69, 9.17) is 13.3 Å². The third-order valence-electron chi connectivity index (χ3n) is 1.97. The van der Waals surface area contributed by atoms with Gasteiger partial charge in [0, 0.05) is 33.9 Å². The predicted octanol–water partition coefficient (Wildman–Crippen LogP) is 0.771. The number of hydrogen-bond donors (Lipinski definition) is 1. The van der Waals surface area contributed by atoms with Gasteiger partial charge in [-0.15, -0.1) is 0 Å². The third kappa shape index (κ3) is 5.43. The Morgan fingerprint density at radius 3 is 2.20 bits per heavy atom. The number of carbonyl (C=O) groups is 1. The smallest absolute Gasteiger partial charge is 0.435 e. The molecule has 0 rings (SSSR count). The van der Waals surface area contributed by atoms with Crippen LogP contribution in [-0.2, 0) is 17.8 Å². The summed E-state index contributed by atoms with van der Waals surface area (Å²) in [5.74, 6) is 0. The van der Waals surface area contributed by atoms with Gasteiger partial charge in [0.2, 0.25) is 0 Å². The number of carbonyl (C=O) groups excluding carboxylic acids is 1. The minimum absolute atomic E-state index is 0.473. The van der Waals surface area contributed by atoms with Gasteiger partial charge < -0.3 is 23.1 Å². The molecule has 0 saturated heterocycles. The molecular formula is C7H18NO5PSi. The molecule has 0 bridgehead atoms. The monoisotopic (exact) mass is 255 g/mol. The van der Waals surface area contributed by atoms with E-state index in [1.54, 1.807) is 21.3 Å². The van der Waals surface area contributed by atoms with Gasteiger partial charge >= 0.3 is 14.9 Å². The molecule has 0 aliphatic rings. The van der Waals surface area contributed by atoms with Crippen molar-refractivity contribution in [3.63, 3.8) is 0 Å². The van der Waals surface area contributed by atoms with Crippen LogP contribution >= 0.6 is 9.47 Å². The van der Waals surface area contributed by atoms with Crippen LogP contribution in [0.4, 0.5) is 4.79 Å². The molecule has 0 spiro atoms. The van der Waals surface area contributed by atoms with E-state index in [0.717, 1.165) is 0 Å². The summed E-state index contributed by atoms with van der Waals surface area (Å²) >= 11 is 0. The van der Waals surface area contributed by atoms with Gasteiger partial charge in [0.1, 0.15) is 0 Å². The average molecular weight is 255 g/mol. The van der Waals surface area contributed by atoms with Crippen molar-refractivity contribution >= 4 is 24.4 Å². The minimum atomic E-state index is -2.50. The number of rotatable bonds is 7. The molecule has 6 nitrogen and oxygen atoms in total. The maximum Gasteiger partial charge on any atom is 0.500 e. The van der Waals surface area contributed by atoms with Gasteiger partial charge in [-0.25, -0.2) is 4.79 Å². The van der Waals surface area contributed by atoms with Crippen molar-refractivity contribution in [2.45, 2.75) is 12.5 Å². The summed E-state index contributed by atoms with van der Waals surface area (Å²) < 4.78 is 20.0. The maximum absolute atomic E-state index is 10.7. The molecule has 1 amide bonds. The SMILES string of the molecule is CO[Si](CCCNC(=O)OP)(OC)OC. The fourth-order valence-electron chi connectivity index (χ4n) is 1.09. The standard InChI is InChI=1S/C7H18NO5PSi/c1-10-15(11-2,12-3)6-4-5-8-7(9)13-14/h4-6,14H2,1-3H3,(H,8,9). The zero-order chi connectivity index (χ0) is 11.7. The quantitative estimate of drug-likeness (QED) is 0.413. The Balaban J connectivity index is 3.76. The largest absolute Gasteiger partial charge is 0.500 e. The van der Waals surface area contributed by atoms with Gasteiger partial charge in [-0.2, -0.15) is 0 Å². The molecule has 0 aliphatic heterocycles. The molecule has 0 aromatic heterocycles. The lowest BCUT2D eigenvalue weighted by Crippen LogP contribution is -2.43. The van der Waals surface area contributed by atoms with Crippen molar-refractivity contribution in [1.82, 2.24) is 5.32 Å². The van der Waals surface area contributed by atoms with Crippen LogP contribution in [0.5, 0.6) is 0 Å². The summed E-state index contributed by atoms with van der Waals surface area (Å²) in [5.41, 5.74) is 0. The second kappa shape index (κ2) is 8.01. The van der Waals surface area contributed by atoms with Gasteiger partial charge in [-0.1, -0.05) is 0 Å². The summed E-state index contributed by atoms with van der Waals surface area (Å²) in [7, 11) is 4.06. The minimum Gasteiger partial charge on any atom is -0.435 e. The van der Waals surface area contributed by atoms with E-state index in [1.165, 1.54) is 0 Å². The van der Waals surface area contributed by atoms with E-state index in [1.807, 2.05) is 9.47 Å². The lowest BCUT2D eigenvalue weighted by molar-refractivity contribution is 0.123. The Hall–Kier alpha value is -0.203. The zero-order valence-corrected chi connectivity index (χ0v) is 11.4. The fourth-order valence-corrected chi connectivity index (χ4v) is 2.90. The van der Waals surface area contributed by atoms with Gasteiger partial charge in [0.05, 0.1) is 9.47 Å². The zero-order valence-electron chi connectivity index (χ0n) is 9.24. The molecule has 0 aromatic rings. The summed E-state index contributed by atoms with van der Waals surface area (Å²) in [6.45, 7) is 0.498. The van der Waals surface area contributed by atoms with Crippen molar-refractivity contribution in [3.8, 4) is 0 Å². The molecule has 0 fully saturated rings. The van der Waals surface area contributed by atoms with Crippen molar-refractivity contribution in [2.75, 3.05) is 27.9 Å². The third-order valence-corrected chi connectivity index (χ3v) is 5.02. The second-order valence-electron chi connectivity index (χ2n) is 2.73. The van der Waals surface area contributed by atoms with Crippen LogP contribution < -0.4 is 5.32 Å². The summed E-state index contributed by atoms with van der Waals surface area (Å²) in [6.07, 6.45) is 0.237. The average Bonchev–Trinajstić information content (AvgIpc) is 2.30. The highest BCUT2D eigenvalue weighted by atomic mass is 31.0. The lowest BCUT2D eigenvalue weighted by atomic mass is 10.5. The lowest BCUT2D eigenvalue weighted by Gasteiger charge is -2.24. The molecule has 15 heavy (non-hydrogen) atoms. The van der Waals surface area contributed by atoms with Gasteiger partial charge in [-0.3, -0.25) is 0 Å². The molecule has 0 radical (unpaired) electrons. The topological polar surface area (TPSA) is 66.0 Å². The van der Waals surface area contributed by atoms with Crippen LogP contribution in [0.1, 0.15) is 6.42 Å². The Bertz CT molecular complexity index is 182. The molecule has 1 N–H and O–H groups in total. The van der Waals surface area contributed by atoms with Crippen molar-refractivity contribution in [3.05, 3.63) is 0 Å². The van der Waals surface area contributed by atoms with Gasteiger partial charge in [0.15, 0.2) is 0 Å². The molecule has 90 valence electrons. The summed E-state index contributed by atoms with van der Waals surface area (Å²) in [4.78, 5) is 10.7. The Morgan fingerprint density at radius 2 is 1.80 bits per heavy atom. The highest BCUT2D eigenvalue weighted by molar-refractivity contribution is 7.10. The van der Waals surface area contributed by atoms with Crippen LogP contribution in [0.25, 0.3) is 0 Å². The highest BCUT2D eigenvalue weighted by Gasteiger charge is 2.36. The van der Waals surface area contributed by atoms with E-state index in [0.29, 0.717) is 19.0 Å². The number of hydrogen-bond acceptors (Lipinski definition) is 5. The van der Waals surface area contributed by atoms with E-state index in [-0.39, 0.29) is 0 Å². The van der Waals surface area contributed by atoms with Crippen molar-refractivity contribution in [2.24, 2.45) is 0 Å². The fraction of sp³-hybridized carbons (Fsp3) is 0.857. The molecule has 0 aromatic carbocycles. The van der Waals surface area contributed by atoms with Crippen molar-refractivity contribution < 1.29 is 22.6 Å². The first-order valence-corrected chi connectivity index (χ1v) is 6.84. The predicted molar refractivity (Wildman–Crippen MR) is 60.4 cm³/mol. The first kappa shape index (κ1) is 14.8. The second-order valence-corrected chi connectivity index (χ2v) is 6.06. The first-order valence-electron chi connectivity index (χ1n) is 4.44. The molecule has 0 aliphatic carbocycles. The van der Waals surface area contributed by atoms with Crippen LogP contribution in [-0.4, -0.2) is 42.8 Å². The van der Waals surface area contributed by atoms with E-state index in [9.17, 15) is 4.79 Å². The van der Waals surface area contributed by atoms with E-state index < -0.39 is 14.9 Å². The summed E-state index contributed by atoms with van der Waals surface area (Å²) in [6, 6.07) is 0.646. The van der Waals surface area contributed by atoms with E-state index in [2.05, 4.69) is 9.84 Å². The molecular weight excluding hydrogens is 237 g/mol. The number of amides is 1. The Kier molecular flexibility index (Phi) is 7.90. The molecule has 1 unspecified atom stereocenters. The van der Waals surface area contributed by atoms with Crippen LogP contribution in [0.3, 0.4) is 0 Å². The molecule has 8 heteroatoms. The van der Waals surface area contributed by atoms with Gasteiger partial charge in [-0.05, 0) is 6.42 Å². The van der Waals surface area contributed by atoms with Crippen LogP contribution in [0.15, 0.2) is 0 Å². The van der Waals surface area contributed by atoms with Crippen LogP contribution in [0.2, 0.25) is 6.04 Å². The van der Waals surface area contributed by atoms with Crippen molar-refractivity contribution in [1.29, 1.82) is 0 Å². The Morgan fingerprint density at radius 1 is 1.27 bits per heavy atom. The number of nitrogens with one attached hydrogen (secondary N) is 1.